The highest BCUT2D eigenvalue weighted by atomic mass is 16.4. The number of hydrogen-bond acceptors (Lipinski definition) is 9. The van der Waals surface area contributed by atoms with Crippen LogP contribution < -0.4 is 31.9 Å². The van der Waals surface area contributed by atoms with E-state index in [-0.39, 0.29) is 43.7 Å². The molecular weight excluding hydrogens is 664 g/mol. The molecular formula is C35H52N6O10. The van der Waals surface area contributed by atoms with Crippen LogP contribution in [0.1, 0.15) is 84.6 Å². The maximum atomic E-state index is 13.4. The van der Waals surface area contributed by atoms with Crippen molar-refractivity contribution in [2.24, 2.45) is 5.92 Å². The summed E-state index contributed by atoms with van der Waals surface area (Å²) in [7, 11) is 0. The van der Waals surface area contributed by atoms with Crippen molar-refractivity contribution in [1.82, 2.24) is 31.9 Å². The Balaban J connectivity index is 2.80. The molecule has 0 bridgehead atoms. The summed E-state index contributed by atoms with van der Waals surface area (Å²) in [6, 6.07) is 3.91. The summed E-state index contributed by atoms with van der Waals surface area (Å²) >= 11 is 0. The zero-order chi connectivity index (χ0) is 38.3. The van der Waals surface area contributed by atoms with Gasteiger partial charge < -0.3 is 41.8 Å². The quantitative estimate of drug-likeness (QED) is 0.0408. The Labute approximate surface area is 298 Å². The fourth-order valence-corrected chi connectivity index (χ4v) is 4.86. The Hall–Kier alpha value is -5.15. The highest BCUT2D eigenvalue weighted by Crippen LogP contribution is 2.09. The van der Waals surface area contributed by atoms with Crippen molar-refractivity contribution in [1.29, 1.82) is 0 Å². The lowest BCUT2D eigenvalue weighted by molar-refractivity contribution is -0.143. The predicted octanol–water partition coefficient (Wildman–Crippen LogP) is 0.0699. The third-order valence-corrected chi connectivity index (χ3v) is 7.61. The molecule has 1 aromatic rings. The van der Waals surface area contributed by atoms with Crippen molar-refractivity contribution in [3.63, 3.8) is 0 Å². The fourth-order valence-electron chi connectivity index (χ4n) is 4.86. The molecule has 4 atom stereocenters. The van der Waals surface area contributed by atoms with Gasteiger partial charge in [0.15, 0.2) is 18.1 Å². The van der Waals surface area contributed by atoms with E-state index < -0.39 is 78.7 Å². The van der Waals surface area contributed by atoms with E-state index >= 15 is 0 Å². The number of unbranched alkanes of at least 4 members (excludes halogenated alkanes) is 3. The SMILES string of the molecule is CCCCCCC(NC(=O)CCC(=O)NCC(=O)NC(CC(C)C)C(=O)NC(Cc1ccccc1)C(=O)NCC(=O)NC(C=O)C(=O)O)C(C)=O. The number of Topliss-reactive ketones (excluding diaryl/α,β-unsaturated/α-hetero) is 1. The molecule has 4 unspecified atom stereocenters. The largest absolute Gasteiger partial charge is 0.479 e. The van der Waals surface area contributed by atoms with E-state index in [0.717, 1.165) is 25.7 Å². The van der Waals surface area contributed by atoms with Crippen molar-refractivity contribution in [3.05, 3.63) is 35.9 Å². The minimum absolute atomic E-state index is 0.00409. The molecule has 0 aliphatic rings. The Bertz CT molecular complexity index is 1350. The van der Waals surface area contributed by atoms with Crippen LogP contribution in [-0.4, -0.2) is 95.8 Å². The van der Waals surface area contributed by atoms with Crippen LogP contribution in [0.25, 0.3) is 0 Å². The number of aliphatic carboxylic acids is 1. The van der Waals surface area contributed by atoms with Gasteiger partial charge in [-0.1, -0.05) is 76.8 Å². The molecule has 0 saturated carbocycles. The van der Waals surface area contributed by atoms with Crippen molar-refractivity contribution in [2.45, 2.75) is 110 Å². The average Bonchev–Trinajstić information content (AvgIpc) is 3.08. The first-order valence-electron chi connectivity index (χ1n) is 17.1. The number of carboxylic acid groups (broad SMARTS) is 1. The normalized spacial score (nSPS) is 13.0. The second-order valence-corrected chi connectivity index (χ2v) is 12.6. The third-order valence-electron chi connectivity index (χ3n) is 7.61. The van der Waals surface area contributed by atoms with E-state index in [1.54, 1.807) is 30.3 Å². The molecule has 16 heteroatoms. The summed E-state index contributed by atoms with van der Waals surface area (Å²) < 4.78 is 0. The maximum absolute atomic E-state index is 13.4. The highest BCUT2D eigenvalue weighted by Gasteiger charge is 2.28. The minimum Gasteiger partial charge on any atom is -0.479 e. The average molecular weight is 717 g/mol. The van der Waals surface area contributed by atoms with Gasteiger partial charge in [0.25, 0.3) is 0 Å². The first-order chi connectivity index (χ1) is 24.2. The number of aldehydes is 1. The molecule has 0 aliphatic heterocycles. The van der Waals surface area contributed by atoms with Gasteiger partial charge in [0.2, 0.25) is 35.4 Å². The van der Waals surface area contributed by atoms with E-state index in [1.807, 2.05) is 19.2 Å². The van der Waals surface area contributed by atoms with Crippen LogP contribution in [-0.2, 0) is 49.6 Å². The summed E-state index contributed by atoms with van der Waals surface area (Å²) in [4.78, 5) is 110. The van der Waals surface area contributed by atoms with Gasteiger partial charge in [-0.05, 0) is 31.2 Å². The molecule has 0 heterocycles. The van der Waals surface area contributed by atoms with Crippen molar-refractivity contribution in [2.75, 3.05) is 13.1 Å². The van der Waals surface area contributed by atoms with Gasteiger partial charge in [-0.15, -0.1) is 0 Å². The lowest BCUT2D eigenvalue weighted by Gasteiger charge is -2.24. The van der Waals surface area contributed by atoms with Crippen LogP contribution in [0.3, 0.4) is 0 Å². The molecule has 0 spiro atoms. The van der Waals surface area contributed by atoms with Crippen molar-refractivity contribution in [3.8, 4) is 0 Å². The number of rotatable bonds is 25. The van der Waals surface area contributed by atoms with Gasteiger partial charge in [-0.3, -0.25) is 33.6 Å². The van der Waals surface area contributed by atoms with E-state index in [2.05, 4.69) is 33.5 Å². The molecule has 0 fully saturated rings. The second-order valence-electron chi connectivity index (χ2n) is 12.6. The number of nitrogens with one attached hydrogen (secondary N) is 6. The number of carbonyl (C=O) groups excluding carboxylic acids is 8. The van der Waals surface area contributed by atoms with Crippen molar-refractivity contribution >= 4 is 53.5 Å². The van der Waals surface area contributed by atoms with E-state index in [0.29, 0.717) is 12.0 Å². The van der Waals surface area contributed by atoms with Gasteiger partial charge in [-0.2, -0.15) is 0 Å². The van der Waals surface area contributed by atoms with E-state index in [1.165, 1.54) is 6.92 Å². The topological polar surface area (TPSA) is 246 Å². The standard InChI is InChI=1S/C35H52N6O10/c1-5-6-7-11-14-25(23(4)43)38-30(45)16-15-29(44)36-19-31(46)39-26(17-22(2)3)34(49)41-27(18-24-12-9-8-10-13-24)33(48)37-20-32(47)40-28(21-42)35(50)51/h8-10,12-13,21-22,25-28H,5-7,11,14-20H2,1-4H3,(H,36,44)(H,37,48)(H,38,45)(H,39,46)(H,40,47)(H,41,49)(H,50,51). The molecule has 16 nitrogen and oxygen atoms in total. The highest BCUT2D eigenvalue weighted by molar-refractivity contribution is 5.98. The minimum atomic E-state index is -1.80. The van der Waals surface area contributed by atoms with Crippen LogP contribution in [0.4, 0.5) is 0 Å². The number of carbonyl (C=O) groups is 9. The molecule has 1 aromatic carbocycles. The van der Waals surface area contributed by atoms with Gasteiger partial charge >= 0.3 is 5.97 Å². The molecule has 0 saturated heterocycles. The molecule has 0 aliphatic carbocycles. The number of hydrogen-bond donors (Lipinski definition) is 7. The zero-order valence-corrected chi connectivity index (χ0v) is 29.8. The molecule has 1 rings (SSSR count). The van der Waals surface area contributed by atoms with E-state index in [9.17, 15) is 43.2 Å². The van der Waals surface area contributed by atoms with Crippen LogP contribution in [0.15, 0.2) is 30.3 Å². The second kappa shape index (κ2) is 24.1. The third kappa shape index (κ3) is 19.0. The fraction of sp³-hybridized carbons (Fsp3) is 0.571. The number of benzene rings is 1. The van der Waals surface area contributed by atoms with Crippen LogP contribution in [0, 0.1) is 5.92 Å². The lowest BCUT2D eigenvalue weighted by Crippen LogP contribution is -2.56. The Morgan fingerprint density at radius 1 is 0.706 bits per heavy atom. The molecule has 6 amide bonds. The predicted molar refractivity (Wildman–Crippen MR) is 186 cm³/mol. The lowest BCUT2D eigenvalue weighted by atomic mass is 10.0. The monoisotopic (exact) mass is 716 g/mol. The Kier molecular flexibility index (Phi) is 20.7. The summed E-state index contributed by atoms with van der Waals surface area (Å²) in [6.07, 6.45) is 4.13. The molecule has 51 heavy (non-hydrogen) atoms. The van der Waals surface area contributed by atoms with Crippen LogP contribution >= 0.6 is 0 Å². The van der Waals surface area contributed by atoms with Gasteiger partial charge in [0, 0.05) is 19.3 Å². The number of amides is 6. The summed E-state index contributed by atoms with van der Waals surface area (Å²) in [5.41, 5.74) is 0.666. The molecule has 0 radical (unpaired) electrons. The molecule has 7 N–H and O–H groups in total. The van der Waals surface area contributed by atoms with Gasteiger partial charge in [0.05, 0.1) is 19.1 Å². The first-order valence-corrected chi connectivity index (χ1v) is 17.1. The molecule has 282 valence electrons. The van der Waals surface area contributed by atoms with Gasteiger partial charge in [-0.25, -0.2) is 4.79 Å². The van der Waals surface area contributed by atoms with Gasteiger partial charge in [0.1, 0.15) is 12.1 Å². The Morgan fingerprint density at radius 3 is 1.90 bits per heavy atom. The van der Waals surface area contributed by atoms with Crippen LogP contribution in [0.5, 0.6) is 0 Å². The maximum Gasteiger partial charge on any atom is 0.333 e. The summed E-state index contributed by atoms with van der Waals surface area (Å²) in [5.74, 6) is -5.99. The first kappa shape index (κ1) is 43.9. The van der Waals surface area contributed by atoms with Crippen molar-refractivity contribution < 1.29 is 48.3 Å². The van der Waals surface area contributed by atoms with E-state index in [4.69, 9.17) is 5.11 Å². The summed E-state index contributed by atoms with van der Waals surface area (Å²) in [5, 5.41) is 23.5. The summed E-state index contributed by atoms with van der Waals surface area (Å²) in [6.45, 7) is 5.94. The smallest absolute Gasteiger partial charge is 0.333 e. The molecule has 0 aromatic heterocycles. The number of ketones is 1. The zero-order valence-electron chi connectivity index (χ0n) is 29.8. The number of carboxylic acids is 1. The van der Waals surface area contributed by atoms with Crippen LogP contribution in [0.2, 0.25) is 0 Å². The Morgan fingerprint density at radius 2 is 1.31 bits per heavy atom.